The molecule has 168 valence electrons. The maximum atomic E-state index is 6.06. The lowest BCUT2D eigenvalue weighted by molar-refractivity contribution is 0.306. The zero-order valence-corrected chi connectivity index (χ0v) is 20.1. The van der Waals surface area contributed by atoms with Crippen LogP contribution in [0.5, 0.6) is 17.2 Å². The van der Waals surface area contributed by atoms with Gasteiger partial charge >= 0.3 is 0 Å². The second kappa shape index (κ2) is 11.3. The molecule has 0 bridgehead atoms. The molecule has 0 saturated heterocycles. The van der Waals surface area contributed by atoms with Gasteiger partial charge in [0, 0.05) is 6.07 Å². The molecular formula is C29H26Cl2O2. The average molecular weight is 477 g/mol. The third kappa shape index (κ3) is 6.31. The van der Waals surface area contributed by atoms with E-state index in [2.05, 4.69) is 43.3 Å². The van der Waals surface area contributed by atoms with Crippen LogP contribution in [-0.4, -0.2) is 6.61 Å². The number of ether oxygens (including phenoxy) is 2. The summed E-state index contributed by atoms with van der Waals surface area (Å²) in [6.45, 7) is 2.97. The molecule has 4 rings (SSSR count). The molecule has 0 radical (unpaired) electrons. The smallest absolute Gasteiger partial charge is 0.129 e. The topological polar surface area (TPSA) is 18.5 Å². The highest BCUT2D eigenvalue weighted by Crippen LogP contribution is 2.31. The molecular weight excluding hydrogens is 451 g/mol. The van der Waals surface area contributed by atoms with E-state index in [4.69, 9.17) is 32.7 Å². The van der Waals surface area contributed by atoms with E-state index in [1.165, 1.54) is 24.0 Å². The third-order valence-electron chi connectivity index (χ3n) is 5.40. The second-order valence-electron chi connectivity index (χ2n) is 7.86. The number of benzene rings is 4. The summed E-state index contributed by atoms with van der Waals surface area (Å²) in [6, 6.07) is 30.1. The first-order valence-corrected chi connectivity index (χ1v) is 11.9. The summed E-state index contributed by atoms with van der Waals surface area (Å²) in [7, 11) is 0. The Kier molecular flexibility index (Phi) is 7.93. The lowest BCUT2D eigenvalue weighted by Crippen LogP contribution is -1.96. The van der Waals surface area contributed by atoms with Crippen LogP contribution in [0.3, 0.4) is 0 Å². The van der Waals surface area contributed by atoms with Crippen molar-refractivity contribution < 1.29 is 9.47 Å². The molecule has 0 spiro atoms. The molecule has 4 aromatic rings. The SMILES string of the molecule is CCCCCOc1ccc(-c2ccc(-c3ccc(Oc4ccc(Cl)c(Cl)c4)cc3)cc2)cc1. The molecule has 0 aliphatic heterocycles. The summed E-state index contributed by atoms with van der Waals surface area (Å²) in [5.74, 6) is 2.32. The maximum absolute atomic E-state index is 6.06. The quantitative estimate of drug-likeness (QED) is 0.223. The van der Waals surface area contributed by atoms with Crippen LogP contribution in [0.2, 0.25) is 10.0 Å². The molecule has 4 aromatic carbocycles. The Labute approximate surface area is 205 Å². The highest BCUT2D eigenvalue weighted by molar-refractivity contribution is 6.42. The van der Waals surface area contributed by atoms with Crippen molar-refractivity contribution >= 4 is 23.2 Å². The third-order valence-corrected chi connectivity index (χ3v) is 6.14. The van der Waals surface area contributed by atoms with Crippen LogP contribution in [0, 0.1) is 0 Å². The zero-order valence-electron chi connectivity index (χ0n) is 18.6. The van der Waals surface area contributed by atoms with Gasteiger partial charge in [0.15, 0.2) is 0 Å². The molecule has 0 heterocycles. The van der Waals surface area contributed by atoms with Crippen molar-refractivity contribution in [2.75, 3.05) is 6.61 Å². The van der Waals surface area contributed by atoms with Gasteiger partial charge in [0.1, 0.15) is 17.2 Å². The first-order chi connectivity index (χ1) is 16.1. The van der Waals surface area contributed by atoms with E-state index in [-0.39, 0.29) is 0 Å². The number of hydrogen-bond acceptors (Lipinski definition) is 2. The van der Waals surface area contributed by atoms with E-state index in [0.29, 0.717) is 15.8 Å². The molecule has 33 heavy (non-hydrogen) atoms. The van der Waals surface area contributed by atoms with Gasteiger partial charge in [-0.1, -0.05) is 91.5 Å². The van der Waals surface area contributed by atoms with Crippen LogP contribution in [0.4, 0.5) is 0 Å². The number of halogens is 2. The Balaban J connectivity index is 1.39. The van der Waals surface area contributed by atoms with Crippen LogP contribution >= 0.6 is 23.2 Å². The first kappa shape index (κ1) is 23.2. The summed E-state index contributed by atoms with van der Waals surface area (Å²) in [6.07, 6.45) is 3.51. The molecule has 0 fully saturated rings. The molecule has 4 heteroatoms. The predicted molar refractivity (Wildman–Crippen MR) is 139 cm³/mol. The van der Waals surface area contributed by atoms with Crippen LogP contribution in [0.25, 0.3) is 22.3 Å². The molecule has 0 aliphatic rings. The summed E-state index contributed by atoms with van der Waals surface area (Å²) in [5.41, 5.74) is 4.62. The van der Waals surface area contributed by atoms with E-state index in [1.54, 1.807) is 18.2 Å². The van der Waals surface area contributed by atoms with Gasteiger partial charge in [-0.05, 0) is 65.1 Å². The minimum Gasteiger partial charge on any atom is -0.494 e. The predicted octanol–water partition coefficient (Wildman–Crippen LogP) is 9.69. The number of unbranched alkanes of at least 4 members (excludes halogenated alkanes) is 2. The van der Waals surface area contributed by atoms with Crippen LogP contribution in [0.1, 0.15) is 26.2 Å². The number of rotatable bonds is 9. The molecule has 0 amide bonds. The van der Waals surface area contributed by atoms with E-state index < -0.39 is 0 Å². The van der Waals surface area contributed by atoms with Crippen LogP contribution in [0.15, 0.2) is 91.0 Å². The van der Waals surface area contributed by atoms with Crippen molar-refractivity contribution in [3.05, 3.63) is 101 Å². The van der Waals surface area contributed by atoms with Gasteiger partial charge in [0.05, 0.1) is 16.7 Å². The molecule has 2 nitrogen and oxygen atoms in total. The first-order valence-electron chi connectivity index (χ1n) is 11.2. The van der Waals surface area contributed by atoms with Gasteiger partial charge < -0.3 is 9.47 Å². The summed E-state index contributed by atoms with van der Waals surface area (Å²) < 4.78 is 11.7. The van der Waals surface area contributed by atoms with Gasteiger partial charge in [-0.2, -0.15) is 0 Å². The van der Waals surface area contributed by atoms with E-state index >= 15 is 0 Å². The van der Waals surface area contributed by atoms with Crippen molar-refractivity contribution in [3.8, 4) is 39.5 Å². The normalized spacial score (nSPS) is 10.8. The van der Waals surface area contributed by atoms with Crippen molar-refractivity contribution in [2.24, 2.45) is 0 Å². The van der Waals surface area contributed by atoms with Gasteiger partial charge in [0.2, 0.25) is 0 Å². The fraction of sp³-hybridized carbons (Fsp3) is 0.172. The minimum absolute atomic E-state index is 0.472. The average Bonchev–Trinajstić information content (AvgIpc) is 2.85. The van der Waals surface area contributed by atoms with Crippen molar-refractivity contribution in [2.45, 2.75) is 26.2 Å². The molecule has 0 unspecified atom stereocenters. The fourth-order valence-corrected chi connectivity index (χ4v) is 3.82. The standard InChI is InChI=1S/C29H26Cl2O2/c1-2-3-4-19-32-25-13-9-23(10-14-25)21-5-7-22(8-6-21)24-11-15-26(16-12-24)33-27-17-18-28(30)29(31)20-27/h5-18,20H,2-4,19H2,1H3. The maximum Gasteiger partial charge on any atom is 0.129 e. The Morgan fingerprint density at radius 3 is 1.55 bits per heavy atom. The Morgan fingerprint density at radius 1 is 0.545 bits per heavy atom. The molecule has 0 aliphatic carbocycles. The van der Waals surface area contributed by atoms with Crippen LogP contribution in [-0.2, 0) is 0 Å². The van der Waals surface area contributed by atoms with Gasteiger partial charge in [-0.15, -0.1) is 0 Å². The summed E-state index contributed by atoms with van der Waals surface area (Å²) >= 11 is 12.0. The van der Waals surface area contributed by atoms with Gasteiger partial charge in [-0.25, -0.2) is 0 Å². The van der Waals surface area contributed by atoms with E-state index in [9.17, 15) is 0 Å². The second-order valence-corrected chi connectivity index (χ2v) is 8.67. The molecule has 0 atom stereocenters. The highest BCUT2D eigenvalue weighted by Gasteiger charge is 2.05. The lowest BCUT2D eigenvalue weighted by atomic mass is 10.0. The Bertz CT molecular complexity index is 1170. The van der Waals surface area contributed by atoms with E-state index in [1.807, 2.05) is 36.4 Å². The minimum atomic E-state index is 0.472. The van der Waals surface area contributed by atoms with Crippen molar-refractivity contribution in [3.63, 3.8) is 0 Å². The fourth-order valence-electron chi connectivity index (χ4n) is 3.53. The molecule has 0 N–H and O–H groups in total. The lowest BCUT2D eigenvalue weighted by Gasteiger charge is -2.09. The molecule has 0 saturated carbocycles. The largest absolute Gasteiger partial charge is 0.494 e. The summed E-state index contributed by atoms with van der Waals surface area (Å²) in [4.78, 5) is 0. The van der Waals surface area contributed by atoms with Crippen LogP contribution < -0.4 is 9.47 Å². The molecule has 0 aromatic heterocycles. The van der Waals surface area contributed by atoms with Crippen molar-refractivity contribution in [1.82, 2.24) is 0 Å². The monoisotopic (exact) mass is 476 g/mol. The van der Waals surface area contributed by atoms with Crippen molar-refractivity contribution in [1.29, 1.82) is 0 Å². The van der Waals surface area contributed by atoms with E-state index in [0.717, 1.165) is 35.7 Å². The van der Waals surface area contributed by atoms with Gasteiger partial charge in [-0.3, -0.25) is 0 Å². The van der Waals surface area contributed by atoms with Gasteiger partial charge in [0.25, 0.3) is 0 Å². The Morgan fingerprint density at radius 2 is 1.03 bits per heavy atom. The number of hydrogen-bond donors (Lipinski definition) is 0. The summed E-state index contributed by atoms with van der Waals surface area (Å²) in [5, 5.41) is 0.981. The zero-order chi connectivity index (χ0) is 23.0. The highest BCUT2D eigenvalue weighted by atomic mass is 35.5. The Hall–Kier alpha value is -2.94.